The minimum atomic E-state index is -0.841. The first kappa shape index (κ1) is 17.3. The molecule has 0 aliphatic heterocycles. The normalized spacial score (nSPS) is 11.6. The minimum Gasteiger partial charge on any atom is -0.497 e. The summed E-state index contributed by atoms with van der Waals surface area (Å²) in [7, 11) is 1.49. The van der Waals surface area contributed by atoms with Gasteiger partial charge in [0.1, 0.15) is 17.3 Å². The summed E-state index contributed by atoms with van der Waals surface area (Å²) in [5.74, 6) is 0.458. The molecule has 1 aromatic heterocycles. The van der Waals surface area contributed by atoms with E-state index in [1.54, 1.807) is 26.0 Å². The van der Waals surface area contributed by atoms with Gasteiger partial charge in [-0.05, 0) is 25.5 Å². The molecular weight excluding hydrogens is 314 g/mol. The topological polar surface area (TPSA) is 117 Å². The molecule has 0 aliphatic carbocycles. The number of benzene rings is 1. The molecule has 2 aromatic rings. The second-order valence-corrected chi connectivity index (χ2v) is 5.05. The quantitative estimate of drug-likeness (QED) is 0.799. The second-order valence-electron chi connectivity index (χ2n) is 5.05. The Labute approximate surface area is 138 Å². The van der Waals surface area contributed by atoms with Gasteiger partial charge in [0.15, 0.2) is 11.9 Å². The summed E-state index contributed by atoms with van der Waals surface area (Å²) in [6, 6.07) is 6.18. The first-order valence-corrected chi connectivity index (χ1v) is 7.33. The lowest BCUT2D eigenvalue weighted by Crippen LogP contribution is -2.33. The van der Waals surface area contributed by atoms with Gasteiger partial charge < -0.3 is 25.0 Å². The number of aromatic nitrogens is 1. The Morgan fingerprint density at radius 2 is 2.12 bits per heavy atom. The van der Waals surface area contributed by atoms with Crippen LogP contribution in [0, 0.1) is 6.92 Å². The van der Waals surface area contributed by atoms with Gasteiger partial charge in [-0.3, -0.25) is 9.59 Å². The largest absolute Gasteiger partial charge is 0.497 e. The molecule has 0 spiro atoms. The van der Waals surface area contributed by atoms with Gasteiger partial charge >= 0.3 is 0 Å². The van der Waals surface area contributed by atoms with E-state index in [2.05, 4.69) is 10.5 Å². The summed E-state index contributed by atoms with van der Waals surface area (Å²) in [6.45, 7) is 3.49. The lowest BCUT2D eigenvalue weighted by Gasteiger charge is -2.18. The summed E-state index contributed by atoms with van der Waals surface area (Å²) >= 11 is 0. The minimum absolute atomic E-state index is 0.166. The Kier molecular flexibility index (Phi) is 5.41. The van der Waals surface area contributed by atoms with Gasteiger partial charge in [-0.25, -0.2) is 0 Å². The van der Waals surface area contributed by atoms with Crippen molar-refractivity contribution in [1.29, 1.82) is 0 Å². The summed E-state index contributed by atoms with van der Waals surface area (Å²) in [4.78, 5) is 23.9. The molecule has 0 saturated carbocycles. The van der Waals surface area contributed by atoms with Gasteiger partial charge in [0, 0.05) is 12.1 Å². The number of nitrogens with one attached hydrogen (secondary N) is 1. The Balaban J connectivity index is 2.19. The van der Waals surface area contributed by atoms with E-state index in [1.165, 1.54) is 19.2 Å². The van der Waals surface area contributed by atoms with E-state index in [1.807, 2.05) is 0 Å². The van der Waals surface area contributed by atoms with Gasteiger partial charge in [0.25, 0.3) is 11.8 Å². The van der Waals surface area contributed by atoms with E-state index < -0.39 is 17.9 Å². The van der Waals surface area contributed by atoms with Gasteiger partial charge in [-0.2, -0.15) is 0 Å². The van der Waals surface area contributed by atoms with Crippen molar-refractivity contribution in [3.63, 3.8) is 0 Å². The SMILES string of the molecule is CCC(Oc1cc(OC)ccc1C(N)=O)C(=O)Nc1cc(C)on1. The fourth-order valence-corrected chi connectivity index (χ4v) is 2.04. The molecule has 1 atom stereocenters. The molecule has 0 saturated heterocycles. The van der Waals surface area contributed by atoms with E-state index in [9.17, 15) is 9.59 Å². The molecule has 0 fully saturated rings. The number of methoxy groups -OCH3 is 1. The average molecular weight is 333 g/mol. The Morgan fingerprint density at radius 1 is 1.38 bits per heavy atom. The van der Waals surface area contributed by atoms with Crippen molar-refractivity contribution in [2.45, 2.75) is 26.4 Å². The van der Waals surface area contributed by atoms with Crippen LogP contribution in [0.25, 0.3) is 0 Å². The fraction of sp³-hybridized carbons (Fsp3) is 0.312. The number of rotatable bonds is 7. The van der Waals surface area contributed by atoms with Crippen LogP contribution in [0.2, 0.25) is 0 Å². The molecule has 0 bridgehead atoms. The van der Waals surface area contributed by atoms with E-state index in [0.29, 0.717) is 23.7 Å². The van der Waals surface area contributed by atoms with Crippen LogP contribution < -0.4 is 20.5 Å². The molecule has 8 heteroatoms. The van der Waals surface area contributed by atoms with Crippen molar-refractivity contribution in [3.8, 4) is 11.5 Å². The van der Waals surface area contributed by atoms with Crippen molar-refractivity contribution < 1.29 is 23.6 Å². The number of hydrogen-bond acceptors (Lipinski definition) is 6. The smallest absolute Gasteiger partial charge is 0.266 e. The number of aryl methyl sites for hydroxylation is 1. The standard InChI is InChI=1S/C16H19N3O5/c1-4-12(16(21)18-14-7-9(2)24-19-14)23-13-8-10(22-3)5-6-11(13)15(17)20/h5-8,12H,4H2,1-3H3,(H2,17,20)(H,18,19,21). The predicted octanol–water partition coefficient (Wildman–Crippen LogP) is 1.89. The summed E-state index contributed by atoms with van der Waals surface area (Å²) < 4.78 is 15.7. The van der Waals surface area contributed by atoms with Crippen molar-refractivity contribution in [2.75, 3.05) is 12.4 Å². The number of ether oxygens (including phenoxy) is 2. The summed E-state index contributed by atoms with van der Waals surface area (Å²) in [5.41, 5.74) is 5.51. The summed E-state index contributed by atoms with van der Waals surface area (Å²) in [5, 5.41) is 6.29. The lowest BCUT2D eigenvalue weighted by molar-refractivity contribution is -0.122. The summed E-state index contributed by atoms with van der Waals surface area (Å²) in [6.07, 6.45) is -0.467. The zero-order valence-electron chi connectivity index (χ0n) is 13.7. The molecular formula is C16H19N3O5. The molecule has 1 heterocycles. The monoisotopic (exact) mass is 333 g/mol. The van der Waals surface area contributed by atoms with Crippen molar-refractivity contribution >= 4 is 17.6 Å². The van der Waals surface area contributed by atoms with E-state index >= 15 is 0 Å². The molecule has 1 unspecified atom stereocenters. The van der Waals surface area contributed by atoms with Crippen LogP contribution in [0.5, 0.6) is 11.5 Å². The van der Waals surface area contributed by atoms with Crippen LogP contribution in [0.15, 0.2) is 28.8 Å². The maximum atomic E-state index is 12.3. The van der Waals surface area contributed by atoms with Crippen molar-refractivity contribution in [3.05, 3.63) is 35.6 Å². The van der Waals surface area contributed by atoms with Crippen LogP contribution in [0.1, 0.15) is 29.5 Å². The highest BCUT2D eigenvalue weighted by atomic mass is 16.5. The third-order valence-electron chi connectivity index (χ3n) is 3.27. The zero-order valence-corrected chi connectivity index (χ0v) is 13.7. The van der Waals surface area contributed by atoms with Gasteiger partial charge in [0.05, 0.1) is 12.7 Å². The number of nitrogens with two attached hydrogens (primary N) is 1. The third kappa shape index (κ3) is 4.03. The lowest BCUT2D eigenvalue weighted by atomic mass is 10.1. The highest BCUT2D eigenvalue weighted by molar-refractivity contribution is 5.97. The molecule has 0 aliphatic rings. The van der Waals surface area contributed by atoms with Gasteiger partial charge in [-0.15, -0.1) is 0 Å². The van der Waals surface area contributed by atoms with Crippen molar-refractivity contribution in [2.24, 2.45) is 5.73 Å². The van der Waals surface area contributed by atoms with E-state index in [-0.39, 0.29) is 11.3 Å². The van der Waals surface area contributed by atoms with Crippen LogP contribution >= 0.6 is 0 Å². The number of anilines is 1. The van der Waals surface area contributed by atoms with Crippen LogP contribution in [0.3, 0.4) is 0 Å². The highest BCUT2D eigenvalue weighted by Crippen LogP contribution is 2.26. The molecule has 8 nitrogen and oxygen atoms in total. The predicted molar refractivity (Wildman–Crippen MR) is 86.1 cm³/mol. The molecule has 0 radical (unpaired) electrons. The first-order valence-electron chi connectivity index (χ1n) is 7.33. The molecule has 2 amide bonds. The first-order chi connectivity index (χ1) is 11.4. The number of carbonyl (C=O) groups excluding carboxylic acids is 2. The Morgan fingerprint density at radius 3 is 2.67 bits per heavy atom. The van der Waals surface area contributed by atoms with Gasteiger partial charge in [0.2, 0.25) is 0 Å². The number of nitrogens with zero attached hydrogens (tertiary/aromatic N) is 1. The molecule has 2 rings (SSSR count). The van der Waals surface area contributed by atoms with Crippen LogP contribution in [0.4, 0.5) is 5.82 Å². The number of primary amides is 1. The molecule has 3 N–H and O–H groups in total. The average Bonchev–Trinajstić information content (AvgIpc) is 2.96. The van der Waals surface area contributed by atoms with Crippen LogP contribution in [-0.2, 0) is 4.79 Å². The Hall–Kier alpha value is -3.03. The fourth-order valence-electron chi connectivity index (χ4n) is 2.04. The number of carbonyl (C=O) groups is 2. The molecule has 128 valence electrons. The van der Waals surface area contributed by atoms with Crippen molar-refractivity contribution in [1.82, 2.24) is 5.16 Å². The third-order valence-corrected chi connectivity index (χ3v) is 3.27. The molecule has 1 aromatic carbocycles. The number of amides is 2. The zero-order chi connectivity index (χ0) is 17.7. The van der Waals surface area contributed by atoms with Gasteiger partial charge in [-0.1, -0.05) is 12.1 Å². The van der Waals surface area contributed by atoms with E-state index in [4.69, 9.17) is 19.7 Å². The number of hydrogen-bond donors (Lipinski definition) is 2. The maximum absolute atomic E-state index is 12.3. The van der Waals surface area contributed by atoms with E-state index in [0.717, 1.165) is 0 Å². The Bertz CT molecular complexity index is 741. The van der Waals surface area contributed by atoms with Crippen LogP contribution in [-0.4, -0.2) is 30.2 Å². The molecule has 24 heavy (non-hydrogen) atoms. The second kappa shape index (κ2) is 7.49. The highest BCUT2D eigenvalue weighted by Gasteiger charge is 2.22. The maximum Gasteiger partial charge on any atom is 0.266 e.